The van der Waals surface area contributed by atoms with Crippen LogP contribution < -0.4 is 5.32 Å². The molecular weight excluding hydrogens is 270 g/mol. The third kappa shape index (κ3) is 2.59. The first kappa shape index (κ1) is 13.9. The summed E-state index contributed by atoms with van der Waals surface area (Å²) in [6.45, 7) is 5.08. The van der Waals surface area contributed by atoms with E-state index in [1.807, 2.05) is 14.0 Å². The van der Waals surface area contributed by atoms with Gasteiger partial charge in [0.05, 0.1) is 11.2 Å². The van der Waals surface area contributed by atoms with E-state index in [1.54, 1.807) is 4.31 Å². The lowest BCUT2D eigenvalue weighted by molar-refractivity contribution is 0.220. The maximum atomic E-state index is 12.4. The van der Waals surface area contributed by atoms with Gasteiger partial charge in [-0.3, -0.25) is 0 Å². The standard InChI is InChI=1S/C11H19N3O2S2/c1-9-13-8-10(17-9)18(15,16)14-6-4-11(2,12-3)5-7-14/h8,12H,4-7H2,1-3H3. The van der Waals surface area contributed by atoms with Crippen molar-refractivity contribution in [2.75, 3.05) is 20.1 Å². The molecule has 0 spiro atoms. The first-order valence-corrected chi connectivity index (χ1v) is 8.24. The Bertz CT molecular complexity index is 516. The molecule has 1 fully saturated rings. The molecule has 7 heteroatoms. The number of hydrogen-bond acceptors (Lipinski definition) is 5. The highest BCUT2D eigenvalue weighted by Crippen LogP contribution is 2.28. The van der Waals surface area contributed by atoms with Crippen molar-refractivity contribution >= 4 is 21.4 Å². The molecule has 0 amide bonds. The van der Waals surface area contributed by atoms with E-state index in [4.69, 9.17) is 0 Å². The highest BCUT2D eigenvalue weighted by molar-refractivity contribution is 7.91. The van der Waals surface area contributed by atoms with Crippen molar-refractivity contribution in [2.45, 2.75) is 36.4 Å². The Kier molecular flexibility index (Phi) is 3.77. The number of nitrogens with one attached hydrogen (secondary N) is 1. The van der Waals surface area contributed by atoms with Crippen LogP contribution in [0.25, 0.3) is 0 Å². The summed E-state index contributed by atoms with van der Waals surface area (Å²) in [6, 6.07) is 0. The lowest BCUT2D eigenvalue weighted by atomic mass is 9.91. The van der Waals surface area contributed by atoms with Crippen molar-refractivity contribution in [1.29, 1.82) is 0 Å². The molecule has 1 aliphatic rings. The number of aryl methyl sites for hydroxylation is 1. The second-order valence-electron chi connectivity index (χ2n) is 4.91. The molecule has 1 aromatic heterocycles. The zero-order valence-electron chi connectivity index (χ0n) is 10.9. The van der Waals surface area contributed by atoms with Crippen LogP contribution in [0.3, 0.4) is 0 Å². The van der Waals surface area contributed by atoms with E-state index in [9.17, 15) is 8.42 Å². The molecule has 0 unspecified atom stereocenters. The Balaban J connectivity index is 2.14. The maximum Gasteiger partial charge on any atom is 0.254 e. The lowest BCUT2D eigenvalue weighted by Gasteiger charge is -2.38. The number of thiazole rings is 1. The fourth-order valence-electron chi connectivity index (χ4n) is 2.06. The van der Waals surface area contributed by atoms with Gasteiger partial charge in [0.2, 0.25) is 0 Å². The van der Waals surface area contributed by atoms with Crippen molar-refractivity contribution in [3.63, 3.8) is 0 Å². The van der Waals surface area contributed by atoms with E-state index in [1.165, 1.54) is 17.5 Å². The second kappa shape index (κ2) is 4.88. The predicted molar refractivity (Wildman–Crippen MR) is 72.3 cm³/mol. The topological polar surface area (TPSA) is 62.3 Å². The number of hydrogen-bond donors (Lipinski definition) is 1. The van der Waals surface area contributed by atoms with E-state index in [2.05, 4.69) is 17.2 Å². The molecule has 0 saturated carbocycles. The van der Waals surface area contributed by atoms with Crippen LogP contribution in [0.5, 0.6) is 0 Å². The smallest absolute Gasteiger partial charge is 0.254 e. The molecule has 0 aromatic carbocycles. The van der Waals surface area contributed by atoms with Crippen LogP contribution in [-0.4, -0.2) is 43.4 Å². The van der Waals surface area contributed by atoms with Crippen LogP contribution >= 0.6 is 11.3 Å². The normalized spacial score (nSPS) is 21.1. The average molecular weight is 289 g/mol. The first-order valence-electron chi connectivity index (χ1n) is 5.99. The van der Waals surface area contributed by atoms with Gasteiger partial charge in [-0.25, -0.2) is 13.4 Å². The number of nitrogens with zero attached hydrogens (tertiary/aromatic N) is 2. The van der Waals surface area contributed by atoms with Gasteiger partial charge in [-0.05, 0) is 33.7 Å². The fraction of sp³-hybridized carbons (Fsp3) is 0.727. The number of piperidine rings is 1. The number of sulfonamides is 1. The van der Waals surface area contributed by atoms with E-state index in [0.29, 0.717) is 17.3 Å². The Morgan fingerprint density at radius 3 is 2.50 bits per heavy atom. The van der Waals surface area contributed by atoms with Crippen molar-refractivity contribution in [2.24, 2.45) is 0 Å². The van der Waals surface area contributed by atoms with Crippen LogP contribution in [0.1, 0.15) is 24.8 Å². The second-order valence-corrected chi connectivity index (χ2v) is 8.31. The van der Waals surface area contributed by atoms with Crippen molar-refractivity contribution in [3.05, 3.63) is 11.2 Å². The minimum Gasteiger partial charge on any atom is -0.314 e. The molecule has 0 aliphatic carbocycles. The lowest BCUT2D eigenvalue weighted by Crippen LogP contribution is -2.51. The monoisotopic (exact) mass is 289 g/mol. The van der Waals surface area contributed by atoms with Crippen molar-refractivity contribution in [1.82, 2.24) is 14.6 Å². The molecular formula is C11H19N3O2S2. The van der Waals surface area contributed by atoms with Crippen molar-refractivity contribution in [3.8, 4) is 0 Å². The summed E-state index contributed by atoms with van der Waals surface area (Å²) in [4.78, 5) is 4.02. The third-order valence-corrected chi connectivity index (χ3v) is 6.87. The summed E-state index contributed by atoms with van der Waals surface area (Å²) in [5.41, 5.74) is 0.0512. The number of aromatic nitrogens is 1. The highest BCUT2D eigenvalue weighted by atomic mass is 32.2. The van der Waals surface area contributed by atoms with E-state index in [0.717, 1.165) is 17.8 Å². The number of rotatable bonds is 3. The van der Waals surface area contributed by atoms with Gasteiger partial charge < -0.3 is 5.32 Å². The maximum absolute atomic E-state index is 12.4. The summed E-state index contributed by atoms with van der Waals surface area (Å²) in [7, 11) is -1.41. The van der Waals surface area contributed by atoms with E-state index < -0.39 is 10.0 Å². The zero-order chi connectivity index (χ0) is 13.4. The summed E-state index contributed by atoms with van der Waals surface area (Å²) in [5.74, 6) is 0. The Labute approximate surface area is 112 Å². The minimum atomic E-state index is -3.34. The highest BCUT2D eigenvalue weighted by Gasteiger charge is 2.35. The Morgan fingerprint density at radius 2 is 2.06 bits per heavy atom. The van der Waals surface area contributed by atoms with Gasteiger partial charge in [0.1, 0.15) is 0 Å². The zero-order valence-corrected chi connectivity index (χ0v) is 12.6. The molecule has 18 heavy (non-hydrogen) atoms. The molecule has 2 rings (SSSR count). The van der Waals surface area contributed by atoms with Gasteiger partial charge in [0.15, 0.2) is 4.21 Å². The molecule has 0 bridgehead atoms. The molecule has 1 N–H and O–H groups in total. The van der Waals surface area contributed by atoms with Gasteiger partial charge in [-0.1, -0.05) is 0 Å². The van der Waals surface area contributed by atoms with Crippen LogP contribution in [0, 0.1) is 6.92 Å². The average Bonchev–Trinajstić information content (AvgIpc) is 2.77. The summed E-state index contributed by atoms with van der Waals surface area (Å²) in [5, 5.41) is 4.05. The van der Waals surface area contributed by atoms with E-state index >= 15 is 0 Å². The van der Waals surface area contributed by atoms with Crippen LogP contribution in [0.4, 0.5) is 0 Å². The molecule has 0 atom stereocenters. The predicted octanol–water partition coefficient (Wildman–Crippen LogP) is 1.21. The first-order chi connectivity index (χ1) is 8.37. The van der Waals surface area contributed by atoms with Gasteiger partial charge in [0.25, 0.3) is 10.0 Å². The summed E-state index contributed by atoms with van der Waals surface area (Å²) >= 11 is 1.24. The fourth-order valence-corrected chi connectivity index (χ4v) is 4.76. The van der Waals surface area contributed by atoms with E-state index in [-0.39, 0.29) is 5.54 Å². The van der Waals surface area contributed by atoms with Gasteiger partial charge in [-0.15, -0.1) is 11.3 Å². The third-order valence-electron chi connectivity index (χ3n) is 3.62. The summed E-state index contributed by atoms with van der Waals surface area (Å²) < 4.78 is 26.7. The molecule has 102 valence electrons. The summed E-state index contributed by atoms with van der Waals surface area (Å²) in [6.07, 6.45) is 3.13. The molecule has 5 nitrogen and oxygen atoms in total. The van der Waals surface area contributed by atoms with Crippen LogP contribution in [0.2, 0.25) is 0 Å². The quantitative estimate of drug-likeness (QED) is 0.908. The van der Waals surface area contributed by atoms with Gasteiger partial charge in [0, 0.05) is 18.6 Å². The molecule has 0 radical (unpaired) electrons. The molecule has 1 aliphatic heterocycles. The Morgan fingerprint density at radius 1 is 1.44 bits per heavy atom. The van der Waals surface area contributed by atoms with Crippen LogP contribution in [0.15, 0.2) is 10.4 Å². The SMILES string of the molecule is CNC1(C)CCN(S(=O)(=O)c2cnc(C)s2)CC1. The largest absolute Gasteiger partial charge is 0.314 e. The molecule has 1 aromatic rings. The van der Waals surface area contributed by atoms with Gasteiger partial charge in [-0.2, -0.15) is 4.31 Å². The molecule has 1 saturated heterocycles. The van der Waals surface area contributed by atoms with Gasteiger partial charge >= 0.3 is 0 Å². The minimum absolute atomic E-state index is 0.0512. The molecule has 2 heterocycles. The Hall–Kier alpha value is -0.500. The van der Waals surface area contributed by atoms with Crippen LogP contribution in [-0.2, 0) is 10.0 Å². The van der Waals surface area contributed by atoms with Crippen molar-refractivity contribution < 1.29 is 8.42 Å².